The van der Waals surface area contributed by atoms with Gasteiger partial charge in [-0.05, 0) is 19.1 Å². The number of nitro groups is 1. The van der Waals surface area contributed by atoms with Gasteiger partial charge < -0.3 is 15.0 Å². The zero-order valence-corrected chi connectivity index (χ0v) is 12.6. The van der Waals surface area contributed by atoms with Crippen LogP contribution in [-0.4, -0.2) is 35.6 Å². The average Bonchev–Trinajstić information content (AvgIpc) is 2.49. The number of ether oxygens (including phenoxy) is 1. The van der Waals surface area contributed by atoms with E-state index in [1.165, 1.54) is 6.33 Å². The fourth-order valence-electron chi connectivity index (χ4n) is 1.94. The lowest BCUT2D eigenvalue weighted by Gasteiger charge is -2.15. The molecule has 0 aliphatic heterocycles. The molecule has 0 atom stereocenters. The fourth-order valence-corrected chi connectivity index (χ4v) is 1.94. The predicted octanol–water partition coefficient (Wildman–Crippen LogP) is 2.59. The van der Waals surface area contributed by atoms with Crippen LogP contribution in [0, 0.1) is 10.1 Å². The fraction of sp³-hybridized carbons (Fsp3) is 0.286. The van der Waals surface area contributed by atoms with E-state index in [4.69, 9.17) is 4.74 Å². The lowest BCUT2D eigenvalue weighted by Crippen LogP contribution is -2.14. The van der Waals surface area contributed by atoms with Gasteiger partial charge in [-0.3, -0.25) is 10.1 Å². The van der Waals surface area contributed by atoms with Gasteiger partial charge in [-0.2, -0.15) is 0 Å². The quantitative estimate of drug-likeness (QED) is 0.647. The third-order valence-electron chi connectivity index (χ3n) is 2.85. The zero-order valence-electron chi connectivity index (χ0n) is 12.6. The summed E-state index contributed by atoms with van der Waals surface area (Å²) in [5, 5.41) is 14.3. The van der Waals surface area contributed by atoms with E-state index in [2.05, 4.69) is 15.3 Å². The van der Waals surface area contributed by atoms with Crippen molar-refractivity contribution in [3.63, 3.8) is 0 Å². The smallest absolute Gasteiger partial charge is 0.353 e. The molecule has 1 aromatic heterocycles. The van der Waals surface area contributed by atoms with Crippen LogP contribution in [-0.2, 0) is 0 Å². The van der Waals surface area contributed by atoms with Crippen LogP contribution in [0.4, 0.5) is 23.0 Å². The van der Waals surface area contributed by atoms with E-state index in [1.807, 2.05) is 19.1 Å². The average molecular weight is 303 g/mol. The van der Waals surface area contributed by atoms with E-state index in [-0.39, 0.29) is 17.3 Å². The molecule has 0 aliphatic carbocycles. The van der Waals surface area contributed by atoms with Gasteiger partial charge in [0.2, 0.25) is 11.6 Å². The second kappa shape index (κ2) is 6.70. The maximum Gasteiger partial charge on any atom is 0.353 e. The maximum atomic E-state index is 11.4. The Morgan fingerprint density at radius 1 is 1.32 bits per heavy atom. The van der Waals surface area contributed by atoms with Gasteiger partial charge in [0.25, 0.3) is 0 Å². The van der Waals surface area contributed by atoms with Crippen molar-refractivity contribution in [3.8, 4) is 5.75 Å². The van der Waals surface area contributed by atoms with Crippen molar-refractivity contribution in [1.82, 2.24) is 9.97 Å². The topological polar surface area (TPSA) is 93.4 Å². The van der Waals surface area contributed by atoms with E-state index in [0.29, 0.717) is 18.0 Å². The second-order valence-electron chi connectivity index (χ2n) is 4.60. The molecular formula is C14H17N5O3. The van der Waals surface area contributed by atoms with Gasteiger partial charge >= 0.3 is 5.69 Å². The molecule has 8 heteroatoms. The van der Waals surface area contributed by atoms with E-state index in [0.717, 1.165) is 0 Å². The summed E-state index contributed by atoms with van der Waals surface area (Å²) in [7, 11) is 3.38. The molecule has 0 aliphatic rings. The summed E-state index contributed by atoms with van der Waals surface area (Å²) in [6.45, 7) is 2.36. The van der Waals surface area contributed by atoms with Crippen LogP contribution in [0.1, 0.15) is 6.92 Å². The van der Waals surface area contributed by atoms with Gasteiger partial charge in [0, 0.05) is 14.1 Å². The number of hydrogen-bond acceptors (Lipinski definition) is 7. The van der Waals surface area contributed by atoms with Crippen LogP contribution >= 0.6 is 0 Å². The molecule has 0 bridgehead atoms. The first-order chi connectivity index (χ1) is 10.5. The van der Waals surface area contributed by atoms with Crippen molar-refractivity contribution >= 4 is 23.0 Å². The minimum absolute atomic E-state index is 0.121. The van der Waals surface area contributed by atoms with Crippen LogP contribution in [0.25, 0.3) is 0 Å². The Balaban J connectivity index is 2.46. The van der Waals surface area contributed by atoms with Gasteiger partial charge in [0.15, 0.2) is 0 Å². The first kappa shape index (κ1) is 15.5. The Labute approximate surface area is 127 Å². The first-order valence-electron chi connectivity index (χ1n) is 6.70. The summed E-state index contributed by atoms with van der Waals surface area (Å²) < 4.78 is 5.50. The number of nitrogens with one attached hydrogen (secondary N) is 1. The summed E-state index contributed by atoms with van der Waals surface area (Å²) >= 11 is 0. The molecule has 1 heterocycles. The van der Waals surface area contributed by atoms with Crippen molar-refractivity contribution in [2.45, 2.75) is 6.92 Å². The van der Waals surface area contributed by atoms with Crippen LogP contribution in [0.2, 0.25) is 0 Å². The van der Waals surface area contributed by atoms with Crippen molar-refractivity contribution in [3.05, 3.63) is 40.7 Å². The SMILES string of the molecule is CCOc1ccccc1Nc1ncnc(N(C)C)c1[N+](=O)[O-]. The van der Waals surface area contributed by atoms with E-state index in [9.17, 15) is 10.1 Å². The lowest BCUT2D eigenvalue weighted by atomic mass is 10.3. The predicted molar refractivity (Wildman–Crippen MR) is 83.9 cm³/mol. The standard InChI is InChI=1S/C14H17N5O3/c1-4-22-11-8-6-5-7-10(11)17-13-12(19(20)21)14(18(2)3)16-9-15-13/h5-9H,4H2,1-3H3,(H,15,16,17). The lowest BCUT2D eigenvalue weighted by molar-refractivity contribution is -0.383. The maximum absolute atomic E-state index is 11.4. The zero-order chi connectivity index (χ0) is 16.1. The van der Waals surface area contributed by atoms with Gasteiger partial charge in [0.05, 0.1) is 17.2 Å². The molecule has 0 spiro atoms. The third-order valence-corrected chi connectivity index (χ3v) is 2.85. The normalized spacial score (nSPS) is 10.1. The molecule has 0 fully saturated rings. The highest BCUT2D eigenvalue weighted by Crippen LogP contribution is 2.34. The van der Waals surface area contributed by atoms with Gasteiger partial charge in [-0.25, -0.2) is 9.97 Å². The summed E-state index contributed by atoms with van der Waals surface area (Å²) in [6, 6.07) is 7.19. The minimum atomic E-state index is -0.499. The van der Waals surface area contributed by atoms with Crippen molar-refractivity contribution in [1.29, 1.82) is 0 Å². The largest absolute Gasteiger partial charge is 0.492 e. The molecule has 8 nitrogen and oxygen atoms in total. The van der Waals surface area contributed by atoms with Crippen LogP contribution in [0.5, 0.6) is 5.75 Å². The summed E-state index contributed by atoms with van der Waals surface area (Å²) in [6.07, 6.45) is 1.29. The highest BCUT2D eigenvalue weighted by Gasteiger charge is 2.24. The molecule has 0 saturated carbocycles. The Kier molecular flexibility index (Phi) is 4.72. The Morgan fingerprint density at radius 2 is 2.05 bits per heavy atom. The number of hydrogen-bond donors (Lipinski definition) is 1. The number of nitrogens with zero attached hydrogens (tertiary/aromatic N) is 4. The monoisotopic (exact) mass is 303 g/mol. The van der Waals surface area contributed by atoms with Crippen LogP contribution < -0.4 is 15.0 Å². The minimum Gasteiger partial charge on any atom is -0.492 e. The first-order valence-corrected chi connectivity index (χ1v) is 6.70. The molecule has 116 valence electrons. The Morgan fingerprint density at radius 3 is 2.68 bits per heavy atom. The van der Waals surface area contributed by atoms with Gasteiger partial charge in [0.1, 0.15) is 12.1 Å². The molecule has 0 amide bonds. The van der Waals surface area contributed by atoms with E-state index < -0.39 is 4.92 Å². The number of benzene rings is 1. The molecule has 2 rings (SSSR count). The molecule has 0 unspecified atom stereocenters. The second-order valence-corrected chi connectivity index (χ2v) is 4.60. The molecule has 0 radical (unpaired) electrons. The van der Waals surface area contributed by atoms with Crippen LogP contribution in [0.3, 0.4) is 0 Å². The van der Waals surface area contributed by atoms with Crippen molar-refractivity contribution < 1.29 is 9.66 Å². The molecule has 22 heavy (non-hydrogen) atoms. The van der Waals surface area contributed by atoms with Gasteiger partial charge in [-0.15, -0.1) is 0 Å². The summed E-state index contributed by atoms with van der Waals surface area (Å²) in [4.78, 5) is 20.4. The molecule has 0 saturated heterocycles. The number of anilines is 3. The number of para-hydroxylation sites is 2. The summed E-state index contributed by atoms with van der Waals surface area (Å²) in [5.74, 6) is 0.955. The number of rotatable bonds is 6. The highest BCUT2D eigenvalue weighted by atomic mass is 16.6. The molecule has 2 aromatic rings. The Bertz CT molecular complexity index is 675. The van der Waals surface area contributed by atoms with Crippen molar-refractivity contribution in [2.75, 3.05) is 30.9 Å². The van der Waals surface area contributed by atoms with E-state index in [1.54, 1.807) is 31.1 Å². The van der Waals surface area contributed by atoms with Crippen molar-refractivity contribution in [2.24, 2.45) is 0 Å². The molecular weight excluding hydrogens is 286 g/mol. The molecule has 1 aromatic carbocycles. The summed E-state index contributed by atoms with van der Waals surface area (Å²) in [5.41, 5.74) is 0.426. The Hall–Kier alpha value is -2.90. The third kappa shape index (κ3) is 3.22. The van der Waals surface area contributed by atoms with Crippen LogP contribution in [0.15, 0.2) is 30.6 Å². The molecule has 1 N–H and O–H groups in total. The number of aromatic nitrogens is 2. The van der Waals surface area contributed by atoms with E-state index >= 15 is 0 Å². The highest BCUT2D eigenvalue weighted by molar-refractivity contribution is 5.76. The van der Waals surface area contributed by atoms with Gasteiger partial charge in [-0.1, -0.05) is 12.1 Å².